The molecule has 0 radical (unpaired) electrons. The highest BCUT2D eigenvalue weighted by molar-refractivity contribution is 5.94. The molecule has 0 aliphatic heterocycles. The van der Waals surface area contributed by atoms with Crippen LogP contribution < -0.4 is 5.73 Å². The van der Waals surface area contributed by atoms with E-state index in [9.17, 15) is 9.18 Å². The van der Waals surface area contributed by atoms with Gasteiger partial charge in [0.05, 0.1) is 22.6 Å². The molecule has 0 atom stereocenters. The van der Waals surface area contributed by atoms with Gasteiger partial charge in [-0.2, -0.15) is 0 Å². The molecule has 2 aromatic heterocycles. The molecule has 21 heavy (non-hydrogen) atoms. The molecule has 5 nitrogen and oxygen atoms in total. The van der Waals surface area contributed by atoms with Crippen LogP contribution in [0.3, 0.4) is 0 Å². The highest BCUT2D eigenvalue weighted by atomic mass is 19.1. The van der Waals surface area contributed by atoms with Gasteiger partial charge in [-0.15, -0.1) is 0 Å². The molecule has 0 bridgehead atoms. The summed E-state index contributed by atoms with van der Waals surface area (Å²) in [6.07, 6.45) is 3.52. The van der Waals surface area contributed by atoms with Crippen molar-refractivity contribution in [2.24, 2.45) is 5.73 Å². The Bertz CT molecular complexity index is 869. The summed E-state index contributed by atoms with van der Waals surface area (Å²) in [6.45, 7) is 3.68. The Morgan fingerprint density at radius 2 is 2.00 bits per heavy atom. The van der Waals surface area contributed by atoms with Crippen LogP contribution in [-0.4, -0.2) is 20.3 Å². The van der Waals surface area contributed by atoms with E-state index in [1.807, 2.05) is 13.1 Å². The maximum atomic E-state index is 14.4. The number of imidazole rings is 1. The molecule has 2 heterocycles. The minimum absolute atomic E-state index is 0.145. The van der Waals surface area contributed by atoms with Crippen molar-refractivity contribution in [3.63, 3.8) is 0 Å². The molecule has 3 rings (SSSR count). The van der Waals surface area contributed by atoms with Gasteiger partial charge in [0.25, 0.3) is 5.91 Å². The first-order chi connectivity index (χ1) is 9.97. The van der Waals surface area contributed by atoms with E-state index in [-0.39, 0.29) is 11.1 Å². The van der Waals surface area contributed by atoms with Gasteiger partial charge in [0, 0.05) is 18.0 Å². The number of halogens is 1. The average Bonchev–Trinajstić information content (AvgIpc) is 2.79. The van der Waals surface area contributed by atoms with Gasteiger partial charge in [0.15, 0.2) is 5.65 Å². The third-order valence-corrected chi connectivity index (χ3v) is 3.27. The minimum atomic E-state index is -0.800. The normalized spacial score (nSPS) is 11.0. The number of amides is 1. The van der Waals surface area contributed by atoms with Crippen molar-refractivity contribution < 1.29 is 9.18 Å². The summed E-state index contributed by atoms with van der Waals surface area (Å²) in [7, 11) is 0. The molecule has 0 saturated carbocycles. The molecule has 0 aliphatic carbocycles. The lowest BCUT2D eigenvalue weighted by atomic mass is 10.1. The van der Waals surface area contributed by atoms with Crippen molar-refractivity contribution in [2.45, 2.75) is 13.8 Å². The van der Waals surface area contributed by atoms with Crippen LogP contribution in [0.1, 0.15) is 21.7 Å². The Hall–Kier alpha value is -2.76. The molecule has 0 saturated heterocycles. The van der Waals surface area contributed by atoms with E-state index >= 15 is 0 Å². The van der Waals surface area contributed by atoms with E-state index in [2.05, 4.69) is 9.97 Å². The quantitative estimate of drug-likeness (QED) is 0.784. The molecule has 6 heteroatoms. The van der Waals surface area contributed by atoms with Crippen molar-refractivity contribution in [1.29, 1.82) is 0 Å². The zero-order valence-electron chi connectivity index (χ0n) is 11.6. The third kappa shape index (κ3) is 2.14. The number of benzene rings is 1. The van der Waals surface area contributed by atoms with Crippen LogP contribution in [0.4, 0.5) is 4.39 Å². The van der Waals surface area contributed by atoms with Crippen LogP contribution in [0.25, 0.3) is 16.9 Å². The Morgan fingerprint density at radius 3 is 2.71 bits per heavy atom. The van der Waals surface area contributed by atoms with E-state index in [1.54, 1.807) is 29.7 Å². The zero-order chi connectivity index (χ0) is 15.1. The predicted octanol–water partition coefficient (Wildman–Crippen LogP) is 2.25. The summed E-state index contributed by atoms with van der Waals surface area (Å²) in [5.74, 6) is -1.46. The van der Waals surface area contributed by atoms with Gasteiger partial charge >= 0.3 is 0 Å². The second-order valence-corrected chi connectivity index (χ2v) is 4.86. The molecule has 1 aromatic carbocycles. The average molecular weight is 284 g/mol. The molecule has 1 amide bonds. The maximum absolute atomic E-state index is 14.4. The molecule has 0 aliphatic rings. The summed E-state index contributed by atoms with van der Waals surface area (Å²) in [4.78, 5) is 20.0. The lowest BCUT2D eigenvalue weighted by molar-refractivity contribution is 0.0996. The number of aryl methyl sites for hydroxylation is 2. The number of carbonyl (C=O) groups is 1. The first-order valence-electron chi connectivity index (χ1n) is 6.39. The number of rotatable bonds is 2. The van der Waals surface area contributed by atoms with E-state index in [0.717, 1.165) is 11.3 Å². The summed E-state index contributed by atoms with van der Waals surface area (Å²) < 4.78 is 16.2. The lowest BCUT2D eigenvalue weighted by Gasteiger charge is -2.07. The Balaban J connectivity index is 2.25. The largest absolute Gasteiger partial charge is 0.366 e. The number of aromatic nitrogens is 3. The van der Waals surface area contributed by atoms with Crippen molar-refractivity contribution in [3.05, 3.63) is 53.4 Å². The van der Waals surface area contributed by atoms with Crippen LogP contribution in [0.5, 0.6) is 0 Å². The fourth-order valence-electron chi connectivity index (χ4n) is 2.32. The van der Waals surface area contributed by atoms with Crippen LogP contribution in [0.2, 0.25) is 0 Å². The first kappa shape index (κ1) is 13.2. The van der Waals surface area contributed by atoms with Crippen LogP contribution in [-0.2, 0) is 0 Å². The number of nitrogens with two attached hydrogens (primary N) is 1. The predicted molar refractivity (Wildman–Crippen MR) is 76.4 cm³/mol. The highest BCUT2D eigenvalue weighted by Crippen LogP contribution is 2.24. The number of hydrogen-bond acceptors (Lipinski definition) is 3. The molecule has 0 unspecified atom stereocenters. The number of nitrogens with zero attached hydrogens (tertiary/aromatic N) is 3. The maximum Gasteiger partial charge on any atom is 0.251 e. The molecule has 3 aromatic rings. The van der Waals surface area contributed by atoms with Gasteiger partial charge in [-0.05, 0) is 26.0 Å². The topological polar surface area (TPSA) is 73.3 Å². The first-order valence-corrected chi connectivity index (χ1v) is 6.39. The van der Waals surface area contributed by atoms with Gasteiger partial charge in [-0.1, -0.05) is 6.07 Å². The third-order valence-electron chi connectivity index (χ3n) is 3.27. The Labute approximate surface area is 120 Å². The van der Waals surface area contributed by atoms with E-state index < -0.39 is 11.7 Å². The second kappa shape index (κ2) is 4.66. The zero-order valence-corrected chi connectivity index (χ0v) is 11.6. The standard InChI is InChI=1S/C15H13FN4O/c1-8-6-20-7-12(19-9(2)15(20)18-8)10-4-3-5-11(13(10)16)14(17)21/h3-7H,1-2H3,(H2,17,21). The molecular weight excluding hydrogens is 271 g/mol. The molecule has 2 N–H and O–H groups in total. The number of hydrogen-bond donors (Lipinski definition) is 1. The number of fused-ring (bicyclic) bond motifs is 1. The van der Waals surface area contributed by atoms with Crippen molar-refractivity contribution in [1.82, 2.24) is 14.4 Å². The van der Waals surface area contributed by atoms with Crippen molar-refractivity contribution in [3.8, 4) is 11.3 Å². The van der Waals surface area contributed by atoms with Crippen LogP contribution >= 0.6 is 0 Å². The summed E-state index contributed by atoms with van der Waals surface area (Å²) in [5.41, 5.74) is 7.95. The molecular formula is C15H13FN4O. The van der Waals surface area contributed by atoms with Gasteiger partial charge < -0.3 is 10.1 Å². The van der Waals surface area contributed by atoms with Gasteiger partial charge in [0.1, 0.15) is 5.82 Å². The Kier molecular flexibility index (Phi) is 2.94. The van der Waals surface area contributed by atoms with Crippen LogP contribution in [0, 0.1) is 19.7 Å². The molecule has 0 spiro atoms. The minimum Gasteiger partial charge on any atom is -0.366 e. The second-order valence-electron chi connectivity index (χ2n) is 4.86. The number of carbonyl (C=O) groups excluding carboxylic acids is 1. The molecule has 0 fully saturated rings. The van der Waals surface area contributed by atoms with Crippen LogP contribution in [0.15, 0.2) is 30.6 Å². The monoisotopic (exact) mass is 284 g/mol. The SMILES string of the molecule is Cc1cn2cc(-c3cccc(C(N)=O)c3F)nc(C)c2n1. The number of primary amides is 1. The van der Waals surface area contributed by atoms with E-state index in [4.69, 9.17) is 5.73 Å². The van der Waals surface area contributed by atoms with Gasteiger partial charge in [-0.3, -0.25) is 4.79 Å². The van der Waals surface area contributed by atoms with E-state index in [0.29, 0.717) is 11.4 Å². The fourth-order valence-corrected chi connectivity index (χ4v) is 2.32. The molecule has 106 valence electrons. The van der Waals surface area contributed by atoms with Crippen molar-refractivity contribution >= 4 is 11.6 Å². The lowest BCUT2D eigenvalue weighted by Crippen LogP contribution is -2.13. The summed E-state index contributed by atoms with van der Waals surface area (Å²) in [5, 5.41) is 0. The Morgan fingerprint density at radius 1 is 1.24 bits per heavy atom. The summed E-state index contributed by atoms with van der Waals surface area (Å²) in [6, 6.07) is 4.51. The summed E-state index contributed by atoms with van der Waals surface area (Å²) >= 11 is 0. The highest BCUT2D eigenvalue weighted by Gasteiger charge is 2.16. The smallest absolute Gasteiger partial charge is 0.251 e. The van der Waals surface area contributed by atoms with Gasteiger partial charge in [0.2, 0.25) is 0 Å². The fraction of sp³-hybridized carbons (Fsp3) is 0.133. The van der Waals surface area contributed by atoms with E-state index in [1.165, 1.54) is 6.07 Å². The van der Waals surface area contributed by atoms with Gasteiger partial charge in [-0.25, -0.2) is 14.4 Å². The van der Waals surface area contributed by atoms with Crippen molar-refractivity contribution in [2.75, 3.05) is 0 Å².